The molecule has 3 aromatic rings. The molecule has 280 valence electrons. The van der Waals surface area contributed by atoms with Gasteiger partial charge in [0, 0.05) is 70.4 Å². The highest BCUT2D eigenvalue weighted by Crippen LogP contribution is 2.42. The summed E-state index contributed by atoms with van der Waals surface area (Å²) in [6.07, 6.45) is 8.91. The van der Waals surface area contributed by atoms with E-state index in [1.54, 1.807) is 16.8 Å². The molecule has 4 aliphatic rings. The van der Waals surface area contributed by atoms with Crippen LogP contribution < -0.4 is 19.3 Å². The third-order valence-electron chi connectivity index (χ3n) is 10.9. The zero-order valence-corrected chi connectivity index (χ0v) is 30.0. The van der Waals surface area contributed by atoms with Gasteiger partial charge in [0.2, 0.25) is 5.91 Å². The van der Waals surface area contributed by atoms with E-state index in [1.807, 2.05) is 6.92 Å². The van der Waals surface area contributed by atoms with Crippen molar-refractivity contribution in [1.82, 2.24) is 19.8 Å². The molecule has 1 N–H and O–H groups in total. The second-order valence-corrected chi connectivity index (χ2v) is 14.6. The van der Waals surface area contributed by atoms with E-state index in [-0.39, 0.29) is 77.2 Å². The maximum absolute atomic E-state index is 15.0. The Hall–Kier alpha value is -5.00. The fourth-order valence-electron chi connectivity index (χ4n) is 8.17. The van der Waals surface area contributed by atoms with Gasteiger partial charge in [-0.3, -0.25) is 14.6 Å². The second kappa shape index (κ2) is 14.8. The monoisotopic (exact) mass is 730 g/mol. The van der Waals surface area contributed by atoms with Crippen molar-refractivity contribution in [3.05, 3.63) is 54.0 Å². The van der Waals surface area contributed by atoms with Crippen molar-refractivity contribution in [3.63, 3.8) is 0 Å². The molecule has 14 heteroatoms. The van der Waals surface area contributed by atoms with Crippen molar-refractivity contribution in [2.45, 2.75) is 63.3 Å². The number of carbonyl (C=O) groups is 2. The number of likely N-dealkylation sites (N-methyl/N-ethyl adjacent to an activating group) is 1. The van der Waals surface area contributed by atoms with Crippen LogP contribution >= 0.6 is 0 Å². The number of phenols is 1. The topological polar surface area (TPSA) is 121 Å². The number of amides is 2. The summed E-state index contributed by atoms with van der Waals surface area (Å²) in [5, 5.41) is 11.3. The van der Waals surface area contributed by atoms with Gasteiger partial charge in [-0.25, -0.2) is 13.6 Å². The van der Waals surface area contributed by atoms with Gasteiger partial charge in [0.25, 0.3) is 0 Å². The van der Waals surface area contributed by atoms with Crippen LogP contribution in [0.5, 0.6) is 17.5 Å². The Balaban J connectivity index is 1.23. The Bertz CT molecular complexity index is 1970. The third-order valence-corrected chi connectivity index (χ3v) is 10.9. The Morgan fingerprint density at radius 3 is 2.81 bits per heavy atom. The summed E-state index contributed by atoms with van der Waals surface area (Å²) in [6.45, 7) is 8.98. The van der Waals surface area contributed by atoms with Gasteiger partial charge in [-0.15, -0.1) is 6.42 Å². The molecule has 0 saturated carbocycles. The number of anilines is 2. The number of hydrogen-bond donors (Lipinski definition) is 1. The van der Waals surface area contributed by atoms with Gasteiger partial charge in [-0.1, -0.05) is 18.6 Å². The number of benzene rings is 2. The molecule has 3 fully saturated rings. The van der Waals surface area contributed by atoms with Crippen LogP contribution in [-0.2, 0) is 16.1 Å². The van der Waals surface area contributed by atoms with E-state index >= 15 is 4.39 Å². The molecule has 0 radical (unpaired) electrons. The molecule has 0 unspecified atom stereocenters. The lowest BCUT2D eigenvalue weighted by Crippen LogP contribution is -2.48. The van der Waals surface area contributed by atoms with E-state index in [4.69, 9.17) is 30.6 Å². The highest BCUT2D eigenvalue weighted by molar-refractivity contribution is 6.06. The van der Waals surface area contributed by atoms with Crippen LogP contribution in [0.1, 0.15) is 50.3 Å². The smallest absolute Gasteiger partial charge is 0.420 e. The van der Waals surface area contributed by atoms with Crippen molar-refractivity contribution >= 4 is 34.3 Å². The molecule has 7 rings (SSSR count). The first-order valence-electron chi connectivity index (χ1n) is 18.0. The number of likely N-dealkylation sites (tertiary alicyclic amines) is 2. The normalized spacial score (nSPS) is 23.5. The van der Waals surface area contributed by atoms with Crippen LogP contribution in [0.3, 0.4) is 0 Å². The molecule has 0 spiro atoms. The average molecular weight is 731 g/mol. The van der Waals surface area contributed by atoms with Crippen LogP contribution in [0.2, 0.25) is 0 Å². The highest BCUT2D eigenvalue weighted by Gasteiger charge is 2.44. The number of phenolic OH excluding ortho intramolecular Hbond substituents is 1. The van der Waals surface area contributed by atoms with Crippen molar-refractivity contribution < 1.29 is 37.7 Å². The Labute approximate surface area is 307 Å². The van der Waals surface area contributed by atoms with Crippen LogP contribution in [0.4, 0.5) is 25.1 Å². The summed E-state index contributed by atoms with van der Waals surface area (Å²) in [5.74, 6) is 2.16. The average Bonchev–Trinajstić information content (AvgIpc) is 3.72. The van der Waals surface area contributed by atoms with E-state index in [0.29, 0.717) is 44.2 Å². The quantitative estimate of drug-likeness (QED) is 0.220. The molecule has 2 amide bonds. The Morgan fingerprint density at radius 2 is 2.06 bits per heavy atom. The van der Waals surface area contributed by atoms with Crippen molar-refractivity contribution in [2.24, 2.45) is 5.92 Å². The van der Waals surface area contributed by atoms with E-state index in [0.717, 1.165) is 32.2 Å². The van der Waals surface area contributed by atoms with Crippen LogP contribution in [-0.4, -0.2) is 108 Å². The van der Waals surface area contributed by atoms with Gasteiger partial charge in [0.05, 0.1) is 23.3 Å². The number of hydrogen-bond acceptors (Lipinski definition) is 10. The highest BCUT2D eigenvalue weighted by atomic mass is 19.1. The SMILES string of the molecule is C#Cc1c(F)ccc2cc(O)cc(N3Cc4nc(OC[C@]5(C)C[C@@H](F)CN5CC5CCOCC5)nc(N(C)C[C@@H]5CCCN5C(=O)C=C)c4OC3=O)c12. The largest absolute Gasteiger partial charge is 0.508 e. The molecular weight excluding hydrogens is 686 g/mol. The fraction of sp³-hybridized carbons (Fsp3) is 0.487. The summed E-state index contributed by atoms with van der Waals surface area (Å²) >= 11 is 0. The van der Waals surface area contributed by atoms with E-state index in [1.165, 1.54) is 35.2 Å². The minimum absolute atomic E-state index is 0.000352. The van der Waals surface area contributed by atoms with Crippen LogP contribution in [0.25, 0.3) is 10.8 Å². The zero-order valence-electron chi connectivity index (χ0n) is 30.0. The summed E-state index contributed by atoms with van der Waals surface area (Å²) in [4.78, 5) is 42.8. The molecule has 3 atom stereocenters. The van der Waals surface area contributed by atoms with E-state index in [2.05, 4.69) is 17.4 Å². The maximum Gasteiger partial charge on any atom is 0.420 e. The lowest BCUT2D eigenvalue weighted by Gasteiger charge is -2.37. The third kappa shape index (κ3) is 7.20. The lowest BCUT2D eigenvalue weighted by atomic mass is 9.95. The van der Waals surface area contributed by atoms with Gasteiger partial charge in [-0.2, -0.15) is 9.97 Å². The van der Waals surface area contributed by atoms with Gasteiger partial charge >= 0.3 is 12.1 Å². The number of nitrogens with zero attached hydrogens (tertiary/aromatic N) is 6. The number of terminal acetylenes is 1. The summed E-state index contributed by atoms with van der Waals surface area (Å²) in [7, 11) is 1.79. The second-order valence-electron chi connectivity index (χ2n) is 14.6. The standard InChI is InChI=1S/C39H44F2N6O6/c1-5-29-30(41)10-9-25-16-28(48)17-32(34(25)29)47-22-31-35(53-38(47)50)36(44(4)21-27-8-7-13-46(27)33(49)6-2)43-37(42-31)52-23-39(3)18-26(40)20-45(39)19-24-11-14-51-15-12-24/h1,6,9-10,16-17,24,26-27,48H,2,7-8,11-15,18-23H2,3-4H3/t26-,27+,39+/m1/s1. The Morgan fingerprint density at radius 1 is 1.26 bits per heavy atom. The minimum Gasteiger partial charge on any atom is -0.508 e. The lowest BCUT2D eigenvalue weighted by molar-refractivity contribution is -0.126. The minimum atomic E-state index is -1.01. The van der Waals surface area contributed by atoms with Gasteiger partial charge < -0.3 is 29.1 Å². The molecule has 0 aliphatic carbocycles. The van der Waals surface area contributed by atoms with Gasteiger partial charge in [0.1, 0.15) is 30.0 Å². The molecule has 0 bridgehead atoms. The molecule has 3 saturated heterocycles. The fourth-order valence-corrected chi connectivity index (χ4v) is 8.17. The first kappa shape index (κ1) is 36.4. The summed E-state index contributed by atoms with van der Waals surface area (Å²) in [6, 6.07) is 5.29. The number of ether oxygens (including phenoxy) is 3. The number of rotatable bonds is 10. The molecule has 5 heterocycles. The summed E-state index contributed by atoms with van der Waals surface area (Å²) < 4.78 is 47.8. The zero-order chi connectivity index (χ0) is 37.4. The molecule has 53 heavy (non-hydrogen) atoms. The van der Waals surface area contributed by atoms with Crippen LogP contribution in [0.15, 0.2) is 36.9 Å². The first-order valence-corrected chi connectivity index (χ1v) is 18.0. The van der Waals surface area contributed by atoms with Crippen molar-refractivity contribution in [1.29, 1.82) is 0 Å². The molecule has 2 aromatic carbocycles. The van der Waals surface area contributed by atoms with Crippen molar-refractivity contribution in [3.8, 4) is 29.9 Å². The molecule has 12 nitrogen and oxygen atoms in total. The van der Waals surface area contributed by atoms with Gasteiger partial charge in [-0.05, 0) is 62.1 Å². The number of alkyl halides is 1. The van der Waals surface area contributed by atoms with Gasteiger partial charge in [0.15, 0.2) is 11.6 Å². The first-order chi connectivity index (χ1) is 25.5. The number of halogens is 2. The van der Waals surface area contributed by atoms with Crippen molar-refractivity contribution in [2.75, 3.05) is 62.8 Å². The molecule has 1 aromatic heterocycles. The molecule has 4 aliphatic heterocycles. The van der Waals surface area contributed by atoms with E-state index in [9.17, 15) is 19.1 Å². The molecular formula is C39H44F2N6O6. The summed E-state index contributed by atoms with van der Waals surface area (Å²) in [5.41, 5.74) is -0.275. The number of aromatic nitrogens is 2. The predicted octanol–water partition coefficient (Wildman–Crippen LogP) is 5.20. The predicted molar refractivity (Wildman–Crippen MR) is 194 cm³/mol. The van der Waals surface area contributed by atoms with E-state index < -0.39 is 23.6 Å². The Kier molecular flexibility index (Phi) is 10.1. The van der Waals surface area contributed by atoms with Crippen LogP contribution in [0, 0.1) is 24.1 Å². The number of fused-ring (bicyclic) bond motifs is 2. The number of aromatic hydroxyl groups is 1. The maximum atomic E-state index is 15.0. The number of carbonyl (C=O) groups excluding carboxylic acids is 2.